The standard InChI is InChI=1S/C34H26N4O6/c1-19-14-15-26(27(16-19)38(42)43)37-32(40)29-28-22-10-3-5-12-24(22)34(30(29)33(37)41,25-13-6-4-11-23(25)28)18-35-36-31(39)20-8-7-9-21(17-20)44-2/h3-18,28-30H,1-2H3,(H,36,39)/b35-18-/t28?,29-,30-,34?/m0/s1. The molecule has 4 aromatic rings. The fourth-order valence-corrected chi connectivity index (χ4v) is 7.28. The molecule has 1 heterocycles. The zero-order valence-corrected chi connectivity index (χ0v) is 23.8. The van der Waals surface area contributed by atoms with Crippen molar-refractivity contribution in [2.24, 2.45) is 16.9 Å². The fraction of sp³-hybridized carbons (Fsp3) is 0.176. The number of imide groups is 1. The minimum absolute atomic E-state index is 0.0593. The van der Waals surface area contributed by atoms with Gasteiger partial charge in [0.2, 0.25) is 11.8 Å². The first-order chi connectivity index (χ1) is 21.3. The number of nitrogens with zero attached hydrogens (tertiary/aromatic N) is 3. The molecule has 4 aliphatic rings. The van der Waals surface area contributed by atoms with Gasteiger partial charge >= 0.3 is 0 Å². The summed E-state index contributed by atoms with van der Waals surface area (Å²) in [4.78, 5) is 54.4. The van der Waals surface area contributed by atoms with Crippen LogP contribution in [0, 0.1) is 28.9 Å². The molecule has 0 unspecified atom stereocenters. The second kappa shape index (κ2) is 9.98. The number of hydrogen-bond donors (Lipinski definition) is 1. The summed E-state index contributed by atoms with van der Waals surface area (Å²) in [6, 6.07) is 26.3. The molecule has 1 saturated heterocycles. The van der Waals surface area contributed by atoms with Crippen LogP contribution in [0.1, 0.15) is 44.1 Å². The third-order valence-electron chi connectivity index (χ3n) is 9.02. The molecule has 2 bridgehead atoms. The predicted octanol–water partition coefficient (Wildman–Crippen LogP) is 4.88. The van der Waals surface area contributed by atoms with Gasteiger partial charge in [-0.15, -0.1) is 0 Å². The number of anilines is 1. The van der Waals surface area contributed by atoms with E-state index in [9.17, 15) is 24.5 Å². The van der Waals surface area contributed by atoms with E-state index in [-0.39, 0.29) is 11.4 Å². The molecule has 10 heteroatoms. The van der Waals surface area contributed by atoms with Crippen molar-refractivity contribution < 1.29 is 24.0 Å². The van der Waals surface area contributed by atoms with Crippen molar-refractivity contribution in [3.05, 3.63) is 134 Å². The Morgan fingerprint density at radius 2 is 1.64 bits per heavy atom. The number of aryl methyl sites for hydroxylation is 1. The molecule has 8 rings (SSSR count). The van der Waals surface area contributed by atoms with E-state index in [1.54, 1.807) is 43.5 Å². The Balaban J connectivity index is 1.40. The largest absolute Gasteiger partial charge is 0.497 e. The number of amides is 3. The SMILES string of the molecule is COc1cccc(C(=O)N/N=C\C23c4ccccc4C(c4ccccc42)[C@@H]2C(=O)N(c4ccc(C)cc4[N+](=O)[O-])C(=O)[C@H]23)c1. The Bertz CT molecular complexity index is 1890. The van der Waals surface area contributed by atoms with Crippen LogP contribution in [-0.2, 0) is 15.0 Å². The minimum atomic E-state index is -1.24. The predicted molar refractivity (Wildman–Crippen MR) is 162 cm³/mol. The summed E-state index contributed by atoms with van der Waals surface area (Å²) in [5.74, 6) is -3.26. The molecular formula is C34H26N4O6. The highest BCUT2D eigenvalue weighted by Crippen LogP contribution is 2.64. The molecule has 0 radical (unpaired) electrons. The topological polar surface area (TPSA) is 131 Å². The Morgan fingerprint density at radius 1 is 0.955 bits per heavy atom. The maximum Gasteiger partial charge on any atom is 0.293 e. The summed E-state index contributed by atoms with van der Waals surface area (Å²) in [7, 11) is 1.51. The lowest BCUT2D eigenvalue weighted by Crippen LogP contribution is -2.54. The molecule has 1 N–H and O–H groups in total. The van der Waals surface area contributed by atoms with Crippen molar-refractivity contribution in [2.75, 3.05) is 12.0 Å². The van der Waals surface area contributed by atoms with Gasteiger partial charge in [0.1, 0.15) is 11.4 Å². The summed E-state index contributed by atoms with van der Waals surface area (Å²) < 4.78 is 5.23. The lowest BCUT2D eigenvalue weighted by atomic mass is 9.47. The van der Waals surface area contributed by atoms with Crippen molar-refractivity contribution in [1.82, 2.24) is 5.43 Å². The normalized spacial score (nSPS) is 22.9. The van der Waals surface area contributed by atoms with E-state index in [0.29, 0.717) is 16.9 Å². The van der Waals surface area contributed by atoms with Gasteiger partial charge in [-0.05, 0) is 59.0 Å². The van der Waals surface area contributed by atoms with Gasteiger partial charge in [-0.3, -0.25) is 24.5 Å². The molecule has 44 heavy (non-hydrogen) atoms. The van der Waals surface area contributed by atoms with E-state index in [0.717, 1.165) is 27.2 Å². The number of benzene rings is 4. The molecule has 4 aromatic carbocycles. The number of ether oxygens (including phenoxy) is 1. The van der Waals surface area contributed by atoms with E-state index in [2.05, 4.69) is 10.5 Å². The van der Waals surface area contributed by atoms with Gasteiger partial charge in [-0.1, -0.05) is 60.7 Å². The molecule has 10 nitrogen and oxygen atoms in total. The van der Waals surface area contributed by atoms with Crippen LogP contribution in [0.3, 0.4) is 0 Å². The lowest BCUT2D eigenvalue weighted by molar-refractivity contribution is -0.384. The molecule has 3 amide bonds. The third kappa shape index (κ3) is 3.73. The molecule has 1 aliphatic heterocycles. The van der Waals surface area contributed by atoms with Gasteiger partial charge < -0.3 is 4.74 Å². The first-order valence-electron chi connectivity index (χ1n) is 14.1. The van der Waals surface area contributed by atoms with Gasteiger partial charge in [0.15, 0.2) is 0 Å². The number of rotatable bonds is 6. The second-order valence-corrected chi connectivity index (χ2v) is 11.2. The number of carbonyl (C=O) groups excluding carboxylic acids is 3. The van der Waals surface area contributed by atoms with Crippen LogP contribution in [0.2, 0.25) is 0 Å². The van der Waals surface area contributed by atoms with Crippen molar-refractivity contribution in [1.29, 1.82) is 0 Å². The van der Waals surface area contributed by atoms with Crippen LogP contribution in [0.5, 0.6) is 5.75 Å². The van der Waals surface area contributed by atoms with Crippen LogP contribution < -0.4 is 15.1 Å². The van der Waals surface area contributed by atoms with Crippen molar-refractivity contribution in [3.63, 3.8) is 0 Å². The molecule has 3 aliphatic carbocycles. The molecule has 218 valence electrons. The van der Waals surface area contributed by atoms with Gasteiger partial charge in [-0.2, -0.15) is 5.10 Å². The van der Waals surface area contributed by atoms with Crippen LogP contribution in [-0.4, -0.2) is 36.0 Å². The zero-order chi connectivity index (χ0) is 30.7. The maximum absolute atomic E-state index is 14.5. The molecule has 0 saturated carbocycles. The molecule has 0 spiro atoms. The Hall–Kier alpha value is -5.64. The minimum Gasteiger partial charge on any atom is -0.497 e. The van der Waals surface area contributed by atoms with Crippen molar-refractivity contribution in [2.45, 2.75) is 18.3 Å². The smallest absolute Gasteiger partial charge is 0.293 e. The second-order valence-electron chi connectivity index (χ2n) is 11.2. The van der Waals surface area contributed by atoms with Crippen molar-refractivity contribution >= 4 is 35.3 Å². The lowest BCUT2D eigenvalue weighted by Gasteiger charge is -2.52. The molecule has 2 atom stereocenters. The summed E-state index contributed by atoms with van der Waals surface area (Å²) in [6.45, 7) is 1.71. The van der Waals surface area contributed by atoms with Crippen LogP contribution in [0.25, 0.3) is 0 Å². The zero-order valence-electron chi connectivity index (χ0n) is 23.8. The monoisotopic (exact) mass is 586 g/mol. The van der Waals surface area contributed by atoms with Gasteiger partial charge in [0.25, 0.3) is 11.6 Å². The Kier molecular flexibility index (Phi) is 6.17. The van der Waals surface area contributed by atoms with Crippen LogP contribution in [0.4, 0.5) is 11.4 Å². The van der Waals surface area contributed by atoms with E-state index >= 15 is 0 Å². The van der Waals surface area contributed by atoms with E-state index in [1.165, 1.54) is 19.2 Å². The summed E-state index contributed by atoms with van der Waals surface area (Å²) >= 11 is 0. The first-order valence-corrected chi connectivity index (χ1v) is 14.1. The number of hydrogen-bond acceptors (Lipinski definition) is 7. The number of methoxy groups -OCH3 is 1. The van der Waals surface area contributed by atoms with Crippen molar-refractivity contribution in [3.8, 4) is 5.75 Å². The highest BCUT2D eigenvalue weighted by atomic mass is 16.6. The van der Waals surface area contributed by atoms with Crippen LogP contribution >= 0.6 is 0 Å². The van der Waals surface area contributed by atoms with Gasteiger partial charge in [-0.25, -0.2) is 10.3 Å². The highest BCUT2D eigenvalue weighted by molar-refractivity contribution is 6.25. The summed E-state index contributed by atoms with van der Waals surface area (Å²) in [6.07, 6.45) is 1.55. The Labute approximate surface area is 252 Å². The highest BCUT2D eigenvalue weighted by Gasteiger charge is 2.68. The molecule has 1 fully saturated rings. The number of nitro groups is 1. The number of nitrogens with one attached hydrogen (secondary N) is 1. The van der Waals surface area contributed by atoms with Crippen LogP contribution in [0.15, 0.2) is 96.1 Å². The van der Waals surface area contributed by atoms with E-state index in [1.807, 2.05) is 48.5 Å². The fourth-order valence-electron chi connectivity index (χ4n) is 7.28. The number of hydrazone groups is 1. The average Bonchev–Trinajstić information content (AvgIpc) is 3.31. The number of nitro benzene ring substituents is 1. The van der Waals surface area contributed by atoms with E-state index < -0.39 is 45.8 Å². The maximum atomic E-state index is 14.5. The Morgan fingerprint density at radius 3 is 2.30 bits per heavy atom. The van der Waals surface area contributed by atoms with Gasteiger partial charge in [0, 0.05) is 23.8 Å². The van der Waals surface area contributed by atoms with E-state index in [4.69, 9.17) is 4.74 Å². The summed E-state index contributed by atoms with van der Waals surface area (Å²) in [5.41, 5.74) is 5.28. The van der Waals surface area contributed by atoms with Gasteiger partial charge in [0.05, 0.1) is 29.3 Å². The average molecular weight is 587 g/mol. The molecular weight excluding hydrogens is 560 g/mol. The summed E-state index contributed by atoms with van der Waals surface area (Å²) in [5, 5.41) is 16.5. The first kappa shape index (κ1) is 27.2. The quantitative estimate of drug-likeness (QED) is 0.148. The molecule has 0 aromatic heterocycles. The number of carbonyl (C=O) groups is 3. The third-order valence-corrected chi connectivity index (χ3v) is 9.02.